The van der Waals surface area contributed by atoms with Crippen LogP contribution in [0.25, 0.3) is 167 Å². The maximum atomic E-state index is 8.50. The van der Waals surface area contributed by atoms with Crippen molar-refractivity contribution in [3.05, 3.63) is 296 Å². The van der Waals surface area contributed by atoms with E-state index in [1.165, 1.54) is 81.0 Å². The maximum Gasteiger partial charge on any atom is 0.227 e. The molecule has 0 amide bonds. The van der Waals surface area contributed by atoms with E-state index in [2.05, 4.69) is 246 Å². The number of fused-ring (bicyclic) bond motifs is 15. The van der Waals surface area contributed by atoms with Crippen molar-refractivity contribution < 1.29 is 55.9 Å². The Morgan fingerprint density at radius 1 is 0.258 bits per heavy atom. The average molecular weight is 1710 g/mol. The molecule has 2 unspecified atom stereocenters. The summed E-state index contributed by atoms with van der Waals surface area (Å²) in [4.78, 5) is 22.4. The summed E-state index contributed by atoms with van der Waals surface area (Å²) in [5.41, 5.74) is 37.4. The van der Waals surface area contributed by atoms with E-state index in [0.29, 0.717) is 57.4 Å². The molecule has 15 aromatic heterocycles. The zero-order chi connectivity index (χ0) is 98.0. The molecule has 648 valence electrons. The van der Waals surface area contributed by atoms with Gasteiger partial charge in [-0.05, 0) is 236 Å². The molecule has 15 heterocycles. The van der Waals surface area contributed by atoms with Crippen LogP contribution in [0.2, 0.25) is 0 Å². The molecular formula is C113H121N10O5+5. The fourth-order valence-electron chi connectivity index (χ4n) is 18.5. The molecule has 0 aliphatic carbocycles. The minimum atomic E-state index is -2.43. The molecule has 2 atom stereocenters. The highest BCUT2D eigenvalue weighted by atomic mass is 16.4. The van der Waals surface area contributed by atoms with Crippen molar-refractivity contribution in [2.24, 2.45) is 35.2 Å². The molecule has 0 N–H and O–H groups in total. The number of aryl methyl sites for hydroxylation is 18. The van der Waals surface area contributed by atoms with E-state index in [0.717, 1.165) is 160 Å². The monoisotopic (exact) mass is 1710 g/mol. The van der Waals surface area contributed by atoms with E-state index in [4.69, 9.17) is 33.1 Å². The van der Waals surface area contributed by atoms with Crippen LogP contribution in [0, 0.1) is 90.0 Å². The second-order valence-electron chi connectivity index (χ2n) is 36.0. The Hall–Kier alpha value is -13.4. The van der Waals surface area contributed by atoms with E-state index in [1.807, 2.05) is 138 Å². The Kier molecular flexibility index (Phi) is 21.4. The van der Waals surface area contributed by atoms with E-state index in [-0.39, 0.29) is 0 Å². The standard InChI is InChI=1S/3C23H25N2O.2C22H23N2O/c3*1-13(2)19-12-25(6)20(11-15(19)4)21-14(3)7-9-17-18-10-8-16(5)24-23(18)26-22(17)21;2*1-13(2)18-12-24(5)19(11-15(18)4)20-14(3)8-9-16-17-7-6-10-23-22(17)25-21(16)20/h3*7-13H,1-6H3;2*6-13H,1-5H3/q5*+1/i1D3,13D;;;1D3,13D;. The van der Waals surface area contributed by atoms with E-state index in [9.17, 15) is 0 Å². The molecule has 0 saturated heterocycles. The molecule has 0 aliphatic rings. The highest BCUT2D eigenvalue weighted by molar-refractivity contribution is 6.13. The zero-order valence-corrected chi connectivity index (χ0v) is 78.7. The van der Waals surface area contributed by atoms with Crippen LogP contribution >= 0.6 is 0 Å². The lowest BCUT2D eigenvalue weighted by atomic mass is 9.96. The first-order valence-electron chi connectivity index (χ1n) is 48.1. The number of hydrogen-bond acceptors (Lipinski definition) is 10. The topological polar surface area (TPSA) is 150 Å². The van der Waals surface area contributed by atoms with Gasteiger partial charge in [0.1, 0.15) is 35.2 Å². The van der Waals surface area contributed by atoms with Crippen LogP contribution in [0.15, 0.2) is 217 Å². The van der Waals surface area contributed by atoms with Gasteiger partial charge in [-0.3, -0.25) is 0 Å². The fourth-order valence-corrected chi connectivity index (χ4v) is 18.5. The summed E-state index contributed by atoms with van der Waals surface area (Å²) in [5.74, 6) is -1.88. The number of pyridine rings is 10. The summed E-state index contributed by atoms with van der Waals surface area (Å²) in [6.07, 6.45) is 13.7. The highest BCUT2D eigenvalue weighted by Gasteiger charge is 2.31. The van der Waals surface area contributed by atoms with Crippen molar-refractivity contribution in [3.8, 4) is 56.3 Å². The predicted molar refractivity (Wildman–Crippen MR) is 523 cm³/mol. The molecule has 15 nitrogen and oxygen atoms in total. The number of rotatable bonds is 10. The van der Waals surface area contributed by atoms with Crippen LogP contribution < -0.4 is 22.8 Å². The Labute approximate surface area is 762 Å². The molecule has 5 aromatic carbocycles. The fraction of sp³-hybridized carbons (Fsp3) is 0.292. The van der Waals surface area contributed by atoms with Gasteiger partial charge in [0.15, 0.2) is 58.9 Å². The molecule has 0 radical (unpaired) electrons. The van der Waals surface area contributed by atoms with Crippen molar-refractivity contribution in [3.63, 3.8) is 0 Å². The molecule has 0 bridgehead atoms. The van der Waals surface area contributed by atoms with Crippen LogP contribution in [-0.4, -0.2) is 24.9 Å². The molecule has 20 rings (SSSR count). The minimum Gasteiger partial charge on any atom is -0.437 e. The minimum absolute atomic E-state index is 0.486. The summed E-state index contributed by atoms with van der Waals surface area (Å²) in [6.45, 7) is 38.1. The SMILES string of the molecule is Cc1cc(-c2c(C)ccc3c2oc2ncccc23)[n+](C)cc1C(C)C.Cc1ccc2c(n1)oc1c(-c3cc(C)c(C(C)C)c[n+]3C)c(C)ccc12.Cc1ccc2c(n1)oc1c(-c3cc(C)c(C(C)C)c[n+]3C)c(C)ccc12.[2H]C([2H])([2H])C([2H])(C)c1c[n+](C)c(-c2c(C)ccc3c2oc2nc(C)ccc23)cc1C.[2H]C([2H])([2H])C([2H])(C)c1c[n+](C)c(-c2c(C)ccc3c2oc2ncccc23)cc1C. The molecule has 0 fully saturated rings. The number of aromatic nitrogens is 10. The van der Waals surface area contributed by atoms with Gasteiger partial charge in [-0.1, -0.05) is 130 Å². The number of hydrogen-bond donors (Lipinski definition) is 0. The van der Waals surface area contributed by atoms with Gasteiger partial charge in [0.25, 0.3) is 0 Å². The van der Waals surface area contributed by atoms with Gasteiger partial charge in [-0.2, -0.15) is 0 Å². The van der Waals surface area contributed by atoms with Gasteiger partial charge in [0, 0.05) is 152 Å². The first-order chi connectivity index (χ1) is 64.1. The molecule has 128 heavy (non-hydrogen) atoms. The second kappa shape index (κ2) is 35.1. The largest absolute Gasteiger partial charge is 0.437 e. The highest BCUT2D eigenvalue weighted by Crippen LogP contribution is 2.44. The molecule has 20 aromatic rings. The summed E-state index contributed by atoms with van der Waals surface area (Å²) in [6, 6.07) is 52.1. The maximum absolute atomic E-state index is 8.50. The molecule has 0 spiro atoms. The molecule has 0 aliphatic heterocycles. The summed E-state index contributed by atoms with van der Waals surface area (Å²) < 4.78 is 105. The van der Waals surface area contributed by atoms with E-state index >= 15 is 0 Å². The molecule has 0 saturated carbocycles. The lowest BCUT2D eigenvalue weighted by Crippen LogP contribution is -2.32. The third-order valence-electron chi connectivity index (χ3n) is 25.3. The molecule has 15 heteroatoms. The third-order valence-corrected chi connectivity index (χ3v) is 25.3. The summed E-state index contributed by atoms with van der Waals surface area (Å²) in [7, 11) is 10.1. The van der Waals surface area contributed by atoms with Crippen LogP contribution in [-0.2, 0) is 35.2 Å². The van der Waals surface area contributed by atoms with Crippen molar-refractivity contribution in [1.29, 1.82) is 0 Å². The second-order valence-corrected chi connectivity index (χ2v) is 36.0. The quantitative estimate of drug-likeness (QED) is 0.121. The van der Waals surface area contributed by atoms with Crippen molar-refractivity contribution >= 4 is 110 Å². The van der Waals surface area contributed by atoms with Crippen LogP contribution in [0.5, 0.6) is 0 Å². The zero-order valence-electron chi connectivity index (χ0n) is 86.7. The Bertz CT molecular complexity index is 8000. The van der Waals surface area contributed by atoms with Gasteiger partial charge in [0.05, 0.1) is 27.8 Å². The van der Waals surface area contributed by atoms with Gasteiger partial charge >= 0.3 is 0 Å². The normalized spacial score (nSPS) is 13.8. The smallest absolute Gasteiger partial charge is 0.227 e. The Balaban J connectivity index is 0.000000123. The van der Waals surface area contributed by atoms with Gasteiger partial charge < -0.3 is 22.1 Å². The first kappa shape index (κ1) is 78.1. The predicted octanol–water partition coefficient (Wildman–Crippen LogP) is 27.0. The van der Waals surface area contributed by atoms with Crippen LogP contribution in [0.3, 0.4) is 0 Å². The number of nitrogens with zero attached hydrogens (tertiary/aromatic N) is 10. The molecular weight excluding hydrogens is 1580 g/mol. The van der Waals surface area contributed by atoms with Gasteiger partial charge in [0.2, 0.25) is 57.0 Å². The van der Waals surface area contributed by atoms with Crippen LogP contribution in [0.4, 0.5) is 0 Å². The van der Waals surface area contributed by atoms with Crippen molar-refractivity contribution in [1.82, 2.24) is 24.9 Å². The summed E-state index contributed by atoms with van der Waals surface area (Å²) >= 11 is 0. The first-order valence-corrected chi connectivity index (χ1v) is 44.1. The lowest BCUT2D eigenvalue weighted by molar-refractivity contribution is -0.661. The number of benzene rings is 5. The van der Waals surface area contributed by atoms with Gasteiger partial charge in [-0.15, -0.1) is 0 Å². The Morgan fingerprint density at radius 2 is 0.469 bits per heavy atom. The van der Waals surface area contributed by atoms with Crippen LogP contribution in [0.1, 0.15) is 210 Å². The summed E-state index contributed by atoms with van der Waals surface area (Å²) in [5, 5.41) is 10.5. The third kappa shape index (κ3) is 16.4. The average Bonchev–Trinajstić information content (AvgIpc) is 1.55. The van der Waals surface area contributed by atoms with E-state index in [1.54, 1.807) is 24.8 Å². The Morgan fingerprint density at radius 3 is 0.703 bits per heavy atom. The lowest BCUT2D eigenvalue weighted by Gasteiger charge is -2.11. The van der Waals surface area contributed by atoms with E-state index < -0.39 is 25.5 Å². The number of furan rings is 5. The van der Waals surface area contributed by atoms with Crippen molar-refractivity contribution in [2.45, 2.75) is 189 Å². The van der Waals surface area contributed by atoms with Crippen molar-refractivity contribution in [2.75, 3.05) is 0 Å². The van der Waals surface area contributed by atoms with Gasteiger partial charge in [-0.25, -0.2) is 47.8 Å².